The molecule has 1 heterocycles. The minimum atomic E-state index is -0.299. The average molecular weight is 427 g/mol. The molecule has 2 fully saturated rings. The Bertz CT molecular complexity index is 823. The zero-order valence-corrected chi connectivity index (χ0v) is 18.5. The number of likely N-dealkylation sites (tertiary alicyclic amines) is 1. The quantitative estimate of drug-likeness (QED) is 0.579. The van der Waals surface area contributed by atoms with Crippen LogP contribution in [0, 0.1) is 0 Å². The molecule has 0 unspecified atom stereocenters. The van der Waals surface area contributed by atoms with Gasteiger partial charge in [0.15, 0.2) is 0 Å². The fourth-order valence-electron chi connectivity index (χ4n) is 4.72. The molecule has 0 atom stereocenters. The highest BCUT2D eigenvalue weighted by Crippen LogP contribution is 2.35. The maximum absolute atomic E-state index is 12.5. The molecule has 2 aliphatic rings. The largest absolute Gasteiger partial charge is 0.415 e. The molecule has 0 aromatic heterocycles. The van der Waals surface area contributed by atoms with Crippen LogP contribution in [0.1, 0.15) is 55.6 Å². The molecular formula is C25H31ClN2O2. The van der Waals surface area contributed by atoms with Gasteiger partial charge in [0, 0.05) is 24.7 Å². The summed E-state index contributed by atoms with van der Waals surface area (Å²) < 4.78 is 5.49. The number of hydrogen-bond acceptors (Lipinski definition) is 3. The van der Waals surface area contributed by atoms with Crippen LogP contribution in [-0.2, 0) is 6.54 Å². The Morgan fingerprint density at radius 1 is 1.00 bits per heavy atom. The van der Waals surface area contributed by atoms with Crippen LogP contribution in [0.4, 0.5) is 4.79 Å². The van der Waals surface area contributed by atoms with Crippen LogP contribution in [0.15, 0.2) is 48.5 Å². The molecule has 1 aliphatic carbocycles. The van der Waals surface area contributed by atoms with Crippen LogP contribution < -0.4 is 4.74 Å². The first-order chi connectivity index (χ1) is 14.6. The first-order valence-corrected chi connectivity index (χ1v) is 11.5. The maximum Gasteiger partial charge on any atom is 0.415 e. The van der Waals surface area contributed by atoms with Crippen molar-refractivity contribution in [1.82, 2.24) is 9.80 Å². The fraction of sp³-hybridized carbons (Fsp3) is 0.480. The third-order valence-corrected chi connectivity index (χ3v) is 6.86. The summed E-state index contributed by atoms with van der Waals surface area (Å²) in [5.74, 6) is 1.11. The molecule has 1 saturated carbocycles. The number of carbonyl (C=O) groups excluding carboxylic acids is 1. The Hall–Kier alpha value is -2.04. The maximum atomic E-state index is 12.5. The number of carbonyl (C=O) groups is 1. The van der Waals surface area contributed by atoms with Gasteiger partial charge in [-0.3, -0.25) is 4.90 Å². The summed E-state index contributed by atoms with van der Waals surface area (Å²) in [7, 11) is 1.84. The number of benzene rings is 2. The molecule has 1 saturated heterocycles. The molecular weight excluding hydrogens is 396 g/mol. The smallest absolute Gasteiger partial charge is 0.410 e. The number of ether oxygens (including phenoxy) is 1. The summed E-state index contributed by atoms with van der Waals surface area (Å²) in [6.07, 6.45) is 6.60. The van der Waals surface area contributed by atoms with Gasteiger partial charge in [0.25, 0.3) is 0 Å². The normalized spacial score (nSPS) is 22.1. The SMILES string of the molecule is CN(C(=O)Oc1ccc(Cl)cc1)C1CCC(c2ccc(CN3CCCC3)cc2)CC1. The minimum Gasteiger partial charge on any atom is -0.410 e. The number of hydrogen-bond donors (Lipinski definition) is 0. The van der Waals surface area contributed by atoms with Gasteiger partial charge in [-0.1, -0.05) is 35.9 Å². The van der Waals surface area contributed by atoms with E-state index >= 15 is 0 Å². The van der Waals surface area contributed by atoms with E-state index in [1.54, 1.807) is 29.2 Å². The fourth-order valence-corrected chi connectivity index (χ4v) is 4.84. The molecule has 160 valence electrons. The van der Waals surface area contributed by atoms with Gasteiger partial charge in [-0.25, -0.2) is 4.79 Å². The van der Waals surface area contributed by atoms with E-state index in [1.165, 1.54) is 37.1 Å². The zero-order valence-electron chi connectivity index (χ0n) is 17.7. The lowest BCUT2D eigenvalue weighted by molar-refractivity contribution is 0.130. The number of nitrogens with zero attached hydrogens (tertiary/aromatic N) is 2. The second kappa shape index (κ2) is 9.84. The van der Waals surface area contributed by atoms with E-state index in [0.717, 1.165) is 32.2 Å². The summed E-state index contributed by atoms with van der Waals surface area (Å²) in [4.78, 5) is 16.8. The van der Waals surface area contributed by atoms with Crippen molar-refractivity contribution in [1.29, 1.82) is 0 Å². The predicted octanol–water partition coefficient (Wildman–Crippen LogP) is 6.09. The third kappa shape index (κ3) is 5.35. The third-order valence-electron chi connectivity index (χ3n) is 6.61. The van der Waals surface area contributed by atoms with Gasteiger partial charge in [0.2, 0.25) is 0 Å². The monoisotopic (exact) mass is 426 g/mol. The summed E-state index contributed by atoms with van der Waals surface area (Å²) >= 11 is 5.89. The van der Waals surface area contributed by atoms with Crippen molar-refractivity contribution in [2.45, 2.75) is 57.0 Å². The number of rotatable bonds is 5. The lowest BCUT2D eigenvalue weighted by atomic mass is 9.81. The summed E-state index contributed by atoms with van der Waals surface area (Å²) in [6, 6.07) is 16.4. The van der Waals surface area contributed by atoms with Gasteiger partial charge < -0.3 is 9.64 Å². The van der Waals surface area contributed by atoms with Crippen molar-refractivity contribution in [3.05, 3.63) is 64.7 Å². The van der Waals surface area contributed by atoms with Gasteiger partial charge in [0.1, 0.15) is 5.75 Å². The lowest BCUT2D eigenvalue weighted by Crippen LogP contribution is -2.40. The second-order valence-corrected chi connectivity index (χ2v) is 9.10. The highest BCUT2D eigenvalue weighted by atomic mass is 35.5. The molecule has 5 heteroatoms. The van der Waals surface area contributed by atoms with Crippen LogP contribution >= 0.6 is 11.6 Å². The van der Waals surface area contributed by atoms with E-state index < -0.39 is 0 Å². The van der Waals surface area contributed by atoms with Crippen molar-refractivity contribution in [3.8, 4) is 5.75 Å². The number of halogens is 1. The summed E-state index contributed by atoms with van der Waals surface area (Å²) in [5.41, 5.74) is 2.85. The van der Waals surface area contributed by atoms with Gasteiger partial charge in [-0.2, -0.15) is 0 Å². The van der Waals surface area contributed by atoms with Crippen molar-refractivity contribution >= 4 is 17.7 Å². The second-order valence-electron chi connectivity index (χ2n) is 8.66. The molecule has 1 aliphatic heterocycles. The topological polar surface area (TPSA) is 32.8 Å². The van der Waals surface area contributed by atoms with Crippen LogP contribution in [0.3, 0.4) is 0 Å². The molecule has 2 aromatic rings. The van der Waals surface area contributed by atoms with Crippen LogP contribution in [0.25, 0.3) is 0 Å². The molecule has 30 heavy (non-hydrogen) atoms. The summed E-state index contributed by atoms with van der Waals surface area (Å²) in [5, 5.41) is 0.630. The highest BCUT2D eigenvalue weighted by Gasteiger charge is 2.28. The van der Waals surface area contributed by atoms with E-state index in [9.17, 15) is 4.79 Å². The Balaban J connectivity index is 1.26. The lowest BCUT2D eigenvalue weighted by Gasteiger charge is -2.34. The van der Waals surface area contributed by atoms with Crippen LogP contribution in [-0.4, -0.2) is 42.1 Å². The molecule has 0 spiro atoms. The zero-order chi connectivity index (χ0) is 20.9. The van der Waals surface area contributed by atoms with Crippen molar-refractivity contribution in [3.63, 3.8) is 0 Å². The van der Waals surface area contributed by atoms with Crippen LogP contribution in [0.5, 0.6) is 5.75 Å². The Morgan fingerprint density at radius 3 is 2.27 bits per heavy atom. The van der Waals surface area contributed by atoms with Gasteiger partial charge >= 0.3 is 6.09 Å². The van der Waals surface area contributed by atoms with Gasteiger partial charge in [0.05, 0.1) is 0 Å². The van der Waals surface area contributed by atoms with Crippen LogP contribution in [0.2, 0.25) is 5.02 Å². The Morgan fingerprint density at radius 2 is 1.63 bits per heavy atom. The van der Waals surface area contributed by atoms with Gasteiger partial charge in [-0.15, -0.1) is 0 Å². The van der Waals surface area contributed by atoms with Gasteiger partial charge in [-0.05, 0) is 92.9 Å². The molecule has 4 nitrogen and oxygen atoms in total. The van der Waals surface area contributed by atoms with E-state index in [2.05, 4.69) is 29.2 Å². The summed E-state index contributed by atoms with van der Waals surface area (Å²) in [6.45, 7) is 3.55. The number of amides is 1. The molecule has 2 aromatic carbocycles. The van der Waals surface area contributed by atoms with Crippen molar-refractivity contribution < 1.29 is 9.53 Å². The van der Waals surface area contributed by atoms with Crippen molar-refractivity contribution in [2.75, 3.05) is 20.1 Å². The van der Waals surface area contributed by atoms with E-state index in [0.29, 0.717) is 16.7 Å². The molecule has 1 amide bonds. The van der Waals surface area contributed by atoms with E-state index in [4.69, 9.17) is 16.3 Å². The Kier molecular flexibility index (Phi) is 6.96. The first-order valence-electron chi connectivity index (χ1n) is 11.1. The minimum absolute atomic E-state index is 0.232. The van der Waals surface area contributed by atoms with E-state index in [-0.39, 0.29) is 12.1 Å². The highest BCUT2D eigenvalue weighted by molar-refractivity contribution is 6.30. The average Bonchev–Trinajstić information content (AvgIpc) is 3.28. The molecule has 4 rings (SSSR count). The van der Waals surface area contributed by atoms with E-state index in [1.807, 2.05) is 7.05 Å². The molecule has 0 bridgehead atoms. The molecule has 0 N–H and O–H groups in total. The predicted molar refractivity (Wildman–Crippen MR) is 121 cm³/mol. The van der Waals surface area contributed by atoms with Crippen molar-refractivity contribution in [2.24, 2.45) is 0 Å². The standard InChI is InChI=1S/C25H31ClN2O2/c1-27(25(29)30-24-14-10-22(26)11-15-24)23-12-8-21(9-13-23)20-6-4-19(5-7-20)18-28-16-2-3-17-28/h4-7,10-11,14-15,21,23H,2-3,8-9,12-13,16-18H2,1H3. The molecule has 0 radical (unpaired) electrons. The Labute approximate surface area is 184 Å². The first kappa shape index (κ1) is 21.2.